The van der Waals surface area contributed by atoms with Crippen molar-refractivity contribution < 1.29 is 9.53 Å². The first-order valence-corrected chi connectivity index (χ1v) is 7.70. The molecule has 1 amide bonds. The molecule has 0 atom stereocenters. The molecule has 0 saturated carbocycles. The van der Waals surface area contributed by atoms with Crippen molar-refractivity contribution in [1.29, 1.82) is 0 Å². The highest BCUT2D eigenvalue weighted by Crippen LogP contribution is 2.25. The van der Waals surface area contributed by atoms with E-state index in [1.165, 1.54) is 0 Å². The minimum Gasteiger partial charge on any atom is -0.372 e. The second-order valence-corrected chi connectivity index (χ2v) is 5.99. The van der Waals surface area contributed by atoms with Crippen LogP contribution in [0.4, 0.5) is 0 Å². The van der Waals surface area contributed by atoms with Gasteiger partial charge < -0.3 is 14.6 Å². The molecule has 1 aromatic carbocycles. The Bertz CT molecular complexity index is 857. The number of hydrogen-bond donors (Lipinski definition) is 1. The average molecular weight is 311 g/mol. The lowest BCUT2D eigenvalue weighted by Gasteiger charge is -2.28. The van der Waals surface area contributed by atoms with Crippen molar-refractivity contribution >= 4 is 5.91 Å². The van der Waals surface area contributed by atoms with Gasteiger partial charge in [0.1, 0.15) is 5.82 Å². The predicted molar refractivity (Wildman–Crippen MR) is 83.0 cm³/mol. The van der Waals surface area contributed by atoms with E-state index in [1.54, 1.807) is 11.8 Å². The fourth-order valence-electron chi connectivity index (χ4n) is 3.31. The van der Waals surface area contributed by atoms with Gasteiger partial charge in [-0.2, -0.15) is 0 Å². The highest BCUT2D eigenvalue weighted by molar-refractivity contribution is 5.96. The van der Waals surface area contributed by atoms with Gasteiger partial charge in [-0.25, -0.2) is 4.98 Å². The fraction of sp³-hybridized carbons (Fsp3) is 0.353. The molecule has 1 aromatic heterocycles. The number of fused-ring (bicyclic) bond motifs is 2. The number of aromatic nitrogens is 2. The van der Waals surface area contributed by atoms with Gasteiger partial charge in [-0.05, 0) is 30.5 Å². The maximum atomic E-state index is 12.9. The van der Waals surface area contributed by atoms with Crippen LogP contribution in [0.5, 0.6) is 0 Å². The highest BCUT2D eigenvalue weighted by atomic mass is 16.5. The number of aryl methyl sites for hydroxylation is 1. The van der Waals surface area contributed by atoms with Gasteiger partial charge in [-0.3, -0.25) is 9.59 Å². The summed E-state index contributed by atoms with van der Waals surface area (Å²) >= 11 is 0. The van der Waals surface area contributed by atoms with Crippen molar-refractivity contribution in [2.24, 2.45) is 0 Å². The van der Waals surface area contributed by atoms with Gasteiger partial charge in [-0.15, -0.1) is 0 Å². The predicted octanol–water partition coefficient (Wildman–Crippen LogP) is 1.31. The number of ether oxygens (including phenoxy) is 1. The van der Waals surface area contributed by atoms with Crippen LogP contribution < -0.4 is 5.56 Å². The Kier molecular flexibility index (Phi) is 3.27. The van der Waals surface area contributed by atoms with Crippen molar-refractivity contribution in [2.75, 3.05) is 6.54 Å². The van der Waals surface area contributed by atoms with Crippen molar-refractivity contribution in [2.45, 2.75) is 33.1 Å². The molecule has 0 radical (unpaired) electrons. The first-order chi connectivity index (χ1) is 11.1. The third-order valence-corrected chi connectivity index (χ3v) is 4.49. The lowest BCUT2D eigenvalue weighted by molar-refractivity contribution is 0.0726. The molecule has 0 unspecified atom stereocenters. The number of carbonyl (C=O) groups is 1. The topological polar surface area (TPSA) is 75.3 Å². The number of benzene rings is 1. The Morgan fingerprint density at radius 1 is 1.30 bits per heavy atom. The second-order valence-electron chi connectivity index (χ2n) is 5.99. The number of hydrogen-bond acceptors (Lipinski definition) is 4. The molecule has 6 nitrogen and oxygen atoms in total. The number of aromatic amines is 1. The zero-order chi connectivity index (χ0) is 16.0. The molecule has 2 aromatic rings. The molecule has 4 rings (SSSR count). The molecule has 6 heteroatoms. The molecule has 118 valence electrons. The number of nitrogens with one attached hydrogen (secondary N) is 1. The summed E-state index contributed by atoms with van der Waals surface area (Å²) in [5, 5.41) is 0. The van der Waals surface area contributed by atoms with Crippen molar-refractivity contribution in [3.8, 4) is 0 Å². The normalized spacial score (nSPS) is 16.1. The zero-order valence-corrected chi connectivity index (χ0v) is 12.9. The van der Waals surface area contributed by atoms with Crippen LogP contribution in [0.1, 0.15) is 38.6 Å². The van der Waals surface area contributed by atoms with E-state index in [9.17, 15) is 9.59 Å². The Balaban J connectivity index is 1.66. The summed E-state index contributed by atoms with van der Waals surface area (Å²) in [7, 11) is 0. The van der Waals surface area contributed by atoms with E-state index in [2.05, 4.69) is 9.97 Å². The van der Waals surface area contributed by atoms with Crippen molar-refractivity contribution in [3.05, 3.63) is 62.3 Å². The molecule has 0 spiro atoms. The molecule has 0 aliphatic carbocycles. The maximum absolute atomic E-state index is 12.9. The third-order valence-electron chi connectivity index (χ3n) is 4.49. The van der Waals surface area contributed by atoms with E-state index < -0.39 is 0 Å². The molecule has 2 aliphatic heterocycles. The summed E-state index contributed by atoms with van der Waals surface area (Å²) in [5.74, 6) is 0.565. The Morgan fingerprint density at radius 3 is 3.04 bits per heavy atom. The van der Waals surface area contributed by atoms with E-state index in [0.29, 0.717) is 55.4 Å². The van der Waals surface area contributed by atoms with Crippen molar-refractivity contribution in [3.63, 3.8) is 0 Å². The lowest BCUT2D eigenvalue weighted by Crippen LogP contribution is -2.39. The third kappa shape index (κ3) is 2.35. The molecule has 1 N–H and O–H groups in total. The number of H-pyrrole nitrogens is 1. The highest BCUT2D eigenvalue weighted by Gasteiger charge is 2.27. The number of amides is 1. The summed E-state index contributed by atoms with van der Waals surface area (Å²) in [4.78, 5) is 33.8. The first-order valence-electron chi connectivity index (χ1n) is 7.70. The molecule has 0 bridgehead atoms. The quantitative estimate of drug-likeness (QED) is 0.861. The van der Waals surface area contributed by atoms with Crippen LogP contribution in [0.25, 0.3) is 0 Å². The number of nitrogens with zero attached hydrogens (tertiary/aromatic N) is 2. The Morgan fingerprint density at radius 2 is 2.17 bits per heavy atom. The van der Waals surface area contributed by atoms with Gasteiger partial charge in [-0.1, -0.05) is 12.1 Å². The SMILES string of the molecule is Cc1nc2c(c(=O)[nH]1)CCN(C(=O)c1cccc3c1COC3)C2. The van der Waals surface area contributed by atoms with Crippen molar-refractivity contribution in [1.82, 2.24) is 14.9 Å². The van der Waals surface area contributed by atoms with Gasteiger partial charge in [0.15, 0.2) is 0 Å². The first kappa shape index (κ1) is 14.1. The van der Waals surface area contributed by atoms with Gasteiger partial charge in [0.25, 0.3) is 11.5 Å². The number of rotatable bonds is 1. The molecule has 0 fully saturated rings. The maximum Gasteiger partial charge on any atom is 0.254 e. The summed E-state index contributed by atoms with van der Waals surface area (Å²) in [6.07, 6.45) is 0.537. The number of carbonyl (C=O) groups excluding carboxylic acids is 1. The lowest BCUT2D eigenvalue weighted by atomic mass is 10.0. The van der Waals surface area contributed by atoms with Crippen LogP contribution in [-0.2, 0) is 30.9 Å². The second kappa shape index (κ2) is 5.31. The van der Waals surface area contributed by atoms with Crippen LogP contribution in [0.3, 0.4) is 0 Å². The Labute approximate surface area is 133 Å². The summed E-state index contributed by atoms with van der Waals surface area (Å²) in [5.41, 5.74) is 4.08. The molecule has 3 heterocycles. The molecule has 2 aliphatic rings. The van der Waals surface area contributed by atoms with E-state index in [4.69, 9.17) is 4.74 Å². The minimum absolute atomic E-state index is 0.0160. The monoisotopic (exact) mass is 311 g/mol. The zero-order valence-electron chi connectivity index (χ0n) is 12.9. The van der Waals surface area contributed by atoms with E-state index >= 15 is 0 Å². The van der Waals surface area contributed by atoms with E-state index in [-0.39, 0.29) is 11.5 Å². The van der Waals surface area contributed by atoms with Gasteiger partial charge in [0.2, 0.25) is 0 Å². The molecular weight excluding hydrogens is 294 g/mol. The van der Waals surface area contributed by atoms with E-state index in [1.807, 2.05) is 18.2 Å². The molecule has 0 saturated heterocycles. The standard InChI is InChI=1S/C17H17N3O3/c1-10-18-15-7-20(6-5-13(15)16(21)19-10)17(22)12-4-2-3-11-8-23-9-14(11)12/h2-4H,5-9H2,1H3,(H,18,19,21). The largest absolute Gasteiger partial charge is 0.372 e. The van der Waals surface area contributed by atoms with Crippen LogP contribution >= 0.6 is 0 Å². The molecule has 23 heavy (non-hydrogen) atoms. The summed E-state index contributed by atoms with van der Waals surface area (Å²) in [6.45, 7) is 3.71. The van der Waals surface area contributed by atoms with Crippen LogP contribution in [0, 0.1) is 6.92 Å². The van der Waals surface area contributed by atoms with Crippen LogP contribution in [0.2, 0.25) is 0 Å². The van der Waals surface area contributed by atoms with Gasteiger partial charge in [0.05, 0.1) is 25.5 Å². The fourth-order valence-corrected chi connectivity index (χ4v) is 3.31. The van der Waals surface area contributed by atoms with Gasteiger partial charge in [0, 0.05) is 17.7 Å². The average Bonchev–Trinajstić information content (AvgIpc) is 3.02. The van der Waals surface area contributed by atoms with Gasteiger partial charge >= 0.3 is 0 Å². The Hall–Kier alpha value is -2.47. The molecular formula is C17H17N3O3. The van der Waals surface area contributed by atoms with Crippen LogP contribution in [0.15, 0.2) is 23.0 Å². The minimum atomic E-state index is -0.0893. The summed E-state index contributed by atoms with van der Waals surface area (Å²) in [6, 6.07) is 5.74. The van der Waals surface area contributed by atoms with E-state index in [0.717, 1.165) is 11.1 Å². The summed E-state index contributed by atoms with van der Waals surface area (Å²) < 4.78 is 5.45. The smallest absolute Gasteiger partial charge is 0.254 e. The van der Waals surface area contributed by atoms with Crippen LogP contribution in [-0.4, -0.2) is 27.3 Å².